The van der Waals surface area contributed by atoms with E-state index in [1.165, 1.54) is 25.9 Å². The molecule has 15 heteroatoms. The van der Waals surface area contributed by atoms with Crippen LogP contribution in [0.15, 0.2) is 48.5 Å². The maximum Gasteiger partial charge on any atom is 0.416 e. The largest absolute Gasteiger partial charge is 0.460 e. The average molecular weight is 639 g/mol. The number of hydrogen-bond donors (Lipinski definition) is 0. The number of rotatable bonds is 7. The summed E-state index contributed by atoms with van der Waals surface area (Å²) in [7, 11) is 1.42. The normalized spacial score (nSPS) is 15.6. The van der Waals surface area contributed by atoms with Gasteiger partial charge in [-0.2, -0.15) is 26.3 Å². The number of nitrogens with zero attached hydrogens (tertiary/aromatic N) is 4. The summed E-state index contributed by atoms with van der Waals surface area (Å²) in [5.41, 5.74) is -3.71. The fourth-order valence-corrected chi connectivity index (χ4v) is 4.82. The van der Waals surface area contributed by atoms with E-state index >= 15 is 0 Å². The van der Waals surface area contributed by atoms with E-state index in [1.807, 2.05) is 0 Å². The first kappa shape index (κ1) is 33.4. The molecular weight excluding hydrogens is 610 g/mol. The molecule has 1 aliphatic rings. The van der Waals surface area contributed by atoms with Crippen LogP contribution in [0.1, 0.15) is 54.9 Å². The maximum atomic E-state index is 13.8. The van der Waals surface area contributed by atoms with Crippen LogP contribution in [0.5, 0.6) is 0 Å². The number of halogens is 6. The molecule has 3 aromatic rings. The molecule has 0 radical (unpaired) electrons. The molecule has 0 saturated carbocycles. The molecule has 45 heavy (non-hydrogen) atoms. The van der Waals surface area contributed by atoms with Crippen molar-refractivity contribution in [1.82, 2.24) is 19.8 Å². The summed E-state index contributed by atoms with van der Waals surface area (Å²) < 4.78 is 90.4. The molecule has 0 spiro atoms. The second-order valence-corrected chi connectivity index (χ2v) is 10.2. The zero-order valence-corrected chi connectivity index (χ0v) is 24.3. The molecule has 2 heterocycles. The van der Waals surface area contributed by atoms with Crippen LogP contribution in [-0.4, -0.2) is 83.6 Å². The second kappa shape index (κ2) is 13.2. The Hall–Kier alpha value is -4.53. The van der Waals surface area contributed by atoms with Gasteiger partial charge in [-0.15, -0.1) is 0 Å². The minimum absolute atomic E-state index is 0.0535. The third-order valence-electron chi connectivity index (χ3n) is 7.06. The Balaban J connectivity index is 1.63. The topological polar surface area (TPSA) is 102 Å². The first-order valence-electron chi connectivity index (χ1n) is 13.6. The summed E-state index contributed by atoms with van der Waals surface area (Å²) in [5, 5.41) is 0. The van der Waals surface area contributed by atoms with Crippen molar-refractivity contribution in [3.05, 3.63) is 82.2 Å². The molecule has 4 rings (SSSR count). The molecule has 1 atom stereocenters. The van der Waals surface area contributed by atoms with Crippen molar-refractivity contribution >= 4 is 17.8 Å². The van der Waals surface area contributed by atoms with Gasteiger partial charge in [0.2, 0.25) is 0 Å². The monoisotopic (exact) mass is 638 g/mol. The van der Waals surface area contributed by atoms with Gasteiger partial charge in [-0.25, -0.2) is 14.8 Å². The van der Waals surface area contributed by atoms with E-state index in [-0.39, 0.29) is 61.7 Å². The van der Waals surface area contributed by atoms with Gasteiger partial charge in [0.25, 0.3) is 11.8 Å². The summed E-state index contributed by atoms with van der Waals surface area (Å²) >= 11 is 0. The Morgan fingerprint density at radius 3 is 2.07 bits per heavy atom. The van der Waals surface area contributed by atoms with Gasteiger partial charge in [-0.3, -0.25) is 9.59 Å². The lowest BCUT2D eigenvalue weighted by Gasteiger charge is -2.40. The fraction of sp³-hybridized carbons (Fsp3) is 0.367. The number of carbonyl (C=O) groups excluding carboxylic acids is 3. The first-order valence-corrected chi connectivity index (χ1v) is 13.6. The Morgan fingerprint density at radius 2 is 1.51 bits per heavy atom. The maximum absolute atomic E-state index is 13.8. The number of aryl methyl sites for hydroxylation is 1. The van der Waals surface area contributed by atoms with Crippen molar-refractivity contribution in [2.24, 2.45) is 0 Å². The highest BCUT2D eigenvalue weighted by molar-refractivity contribution is 6.05. The van der Waals surface area contributed by atoms with Crippen LogP contribution >= 0.6 is 0 Å². The molecule has 2 aromatic carbocycles. The lowest BCUT2D eigenvalue weighted by Crippen LogP contribution is -2.55. The number of hydrogen-bond acceptors (Lipinski definition) is 7. The van der Waals surface area contributed by atoms with Gasteiger partial charge < -0.3 is 19.3 Å². The number of piperazine rings is 1. The Kier molecular flexibility index (Phi) is 9.80. The Morgan fingerprint density at radius 1 is 0.889 bits per heavy atom. The number of aromatic nitrogens is 2. The van der Waals surface area contributed by atoms with Crippen LogP contribution in [0.25, 0.3) is 11.4 Å². The quantitative estimate of drug-likeness (QED) is 0.197. The predicted octanol–water partition coefficient (Wildman–Crippen LogP) is 5.28. The third-order valence-corrected chi connectivity index (χ3v) is 7.06. The molecule has 9 nitrogen and oxygen atoms in total. The smallest absolute Gasteiger partial charge is 0.416 e. The van der Waals surface area contributed by atoms with E-state index in [0.717, 1.165) is 4.90 Å². The van der Waals surface area contributed by atoms with Gasteiger partial charge in [0.15, 0.2) is 5.82 Å². The molecule has 0 aliphatic carbocycles. The van der Waals surface area contributed by atoms with Crippen molar-refractivity contribution in [3.8, 4) is 11.4 Å². The van der Waals surface area contributed by atoms with Crippen LogP contribution in [0.3, 0.4) is 0 Å². The van der Waals surface area contributed by atoms with Crippen molar-refractivity contribution in [2.45, 2.75) is 32.2 Å². The SMILES string of the molecule is COCCOC(=O)c1c(C)nc(-c2ccccc2)nc1C(=O)N1CCN(C(=O)c2cc(C(F)(F)F)cc(C(F)(F)F)c2)C(C)C1. The number of alkyl halides is 6. The van der Waals surface area contributed by atoms with E-state index in [1.54, 1.807) is 30.3 Å². The summed E-state index contributed by atoms with van der Waals surface area (Å²) in [6, 6.07) is 8.54. The van der Waals surface area contributed by atoms with Crippen LogP contribution in [0, 0.1) is 6.92 Å². The molecule has 1 aliphatic heterocycles. The number of amides is 2. The number of carbonyl (C=O) groups is 3. The molecule has 240 valence electrons. The highest BCUT2D eigenvalue weighted by Crippen LogP contribution is 2.37. The molecule has 1 saturated heterocycles. The Bertz CT molecular complexity index is 1550. The van der Waals surface area contributed by atoms with Crippen molar-refractivity contribution in [2.75, 3.05) is 40.0 Å². The minimum Gasteiger partial charge on any atom is -0.460 e. The van der Waals surface area contributed by atoms with Crippen LogP contribution in [-0.2, 0) is 21.8 Å². The lowest BCUT2D eigenvalue weighted by molar-refractivity contribution is -0.143. The van der Waals surface area contributed by atoms with E-state index in [2.05, 4.69) is 9.97 Å². The zero-order chi connectivity index (χ0) is 33.1. The van der Waals surface area contributed by atoms with Crippen molar-refractivity contribution in [1.29, 1.82) is 0 Å². The molecule has 2 amide bonds. The number of esters is 1. The summed E-state index contributed by atoms with van der Waals surface area (Å²) in [6.45, 7) is 2.48. The van der Waals surface area contributed by atoms with Gasteiger partial charge in [0.1, 0.15) is 17.9 Å². The van der Waals surface area contributed by atoms with Crippen LogP contribution in [0.2, 0.25) is 0 Å². The second-order valence-electron chi connectivity index (χ2n) is 10.2. The zero-order valence-electron chi connectivity index (χ0n) is 24.3. The third kappa shape index (κ3) is 7.59. The van der Waals surface area contributed by atoms with Crippen LogP contribution < -0.4 is 0 Å². The van der Waals surface area contributed by atoms with Gasteiger partial charge >= 0.3 is 18.3 Å². The van der Waals surface area contributed by atoms with Crippen molar-refractivity contribution < 1.29 is 50.2 Å². The summed E-state index contributed by atoms with van der Waals surface area (Å²) in [4.78, 5) is 51.3. The van der Waals surface area contributed by atoms with Gasteiger partial charge in [-0.05, 0) is 32.0 Å². The Labute approximate surface area is 253 Å². The van der Waals surface area contributed by atoms with Crippen molar-refractivity contribution in [3.63, 3.8) is 0 Å². The highest BCUT2D eigenvalue weighted by Gasteiger charge is 2.39. The van der Waals surface area contributed by atoms with E-state index in [0.29, 0.717) is 17.7 Å². The van der Waals surface area contributed by atoms with Crippen LogP contribution in [0.4, 0.5) is 26.3 Å². The first-order chi connectivity index (χ1) is 21.1. The number of methoxy groups -OCH3 is 1. The highest BCUT2D eigenvalue weighted by atomic mass is 19.4. The van der Waals surface area contributed by atoms with Gasteiger partial charge in [-0.1, -0.05) is 30.3 Å². The van der Waals surface area contributed by atoms with E-state index in [4.69, 9.17) is 9.47 Å². The minimum atomic E-state index is -5.12. The molecular formula is C30H28F6N4O5. The predicted molar refractivity (Wildman–Crippen MR) is 147 cm³/mol. The molecule has 1 fully saturated rings. The van der Waals surface area contributed by atoms with Gasteiger partial charge in [0.05, 0.1) is 23.4 Å². The number of ether oxygens (including phenoxy) is 2. The molecule has 0 bridgehead atoms. The fourth-order valence-electron chi connectivity index (χ4n) is 4.82. The molecule has 1 unspecified atom stereocenters. The average Bonchev–Trinajstić information content (AvgIpc) is 2.99. The van der Waals surface area contributed by atoms with E-state index in [9.17, 15) is 40.7 Å². The molecule has 1 aromatic heterocycles. The van der Waals surface area contributed by atoms with E-state index < -0.39 is 52.9 Å². The standard InChI is InChI=1S/C30H28F6N4O5/c1-17-16-39(9-10-40(17)26(41)20-13-21(29(31,32)33)15-22(14-20)30(34,35)36)27(42)24-23(28(43)45-12-11-44-3)18(2)37-25(38-24)19-7-5-4-6-8-19/h4-8,13-15,17H,9-12,16H2,1-3H3. The summed E-state index contributed by atoms with van der Waals surface area (Å²) in [5.74, 6) is -2.46. The number of benzene rings is 2. The summed E-state index contributed by atoms with van der Waals surface area (Å²) in [6.07, 6.45) is -10.2. The van der Waals surface area contributed by atoms with Gasteiger partial charge in [0, 0.05) is 43.9 Å². The lowest BCUT2D eigenvalue weighted by atomic mass is 10.0. The molecule has 0 N–H and O–H groups in total.